The number of ether oxygens (including phenoxy) is 1. The largest absolute Gasteiger partial charge is 0.490 e. The van der Waals surface area contributed by atoms with Gasteiger partial charge in [0, 0.05) is 19.6 Å². The summed E-state index contributed by atoms with van der Waals surface area (Å²) in [4.78, 5) is 6.57. The number of hydrogen-bond donors (Lipinski definition) is 2. The Morgan fingerprint density at radius 2 is 2.32 bits per heavy atom. The lowest BCUT2D eigenvalue weighted by molar-refractivity contribution is 0.187. The Morgan fingerprint density at radius 3 is 3.00 bits per heavy atom. The van der Waals surface area contributed by atoms with Crippen molar-refractivity contribution in [3.05, 3.63) is 28.2 Å². The van der Waals surface area contributed by atoms with E-state index in [0.717, 1.165) is 25.5 Å². The Balaban J connectivity index is 1.87. The number of aliphatic hydroxyl groups is 1. The van der Waals surface area contributed by atoms with Crippen LogP contribution in [-0.4, -0.2) is 54.9 Å². The third kappa shape index (κ3) is 4.66. The minimum absolute atomic E-state index is 0.273. The minimum atomic E-state index is -0.273. The van der Waals surface area contributed by atoms with E-state index in [0.29, 0.717) is 35.5 Å². The first-order chi connectivity index (χ1) is 10.6. The van der Waals surface area contributed by atoms with Gasteiger partial charge in [0.15, 0.2) is 5.96 Å². The van der Waals surface area contributed by atoms with Crippen LogP contribution in [0.25, 0.3) is 0 Å². The lowest BCUT2D eigenvalue weighted by Gasteiger charge is -2.20. The van der Waals surface area contributed by atoms with E-state index in [1.54, 1.807) is 18.2 Å². The van der Waals surface area contributed by atoms with E-state index in [-0.39, 0.29) is 6.10 Å². The van der Waals surface area contributed by atoms with Gasteiger partial charge in [0.2, 0.25) is 0 Å². The summed E-state index contributed by atoms with van der Waals surface area (Å²) in [6.07, 6.45) is 0.504. The molecule has 1 aromatic carbocycles. The van der Waals surface area contributed by atoms with Crippen LogP contribution in [0.15, 0.2) is 23.2 Å². The van der Waals surface area contributed by atoms with Crippen LogP contribution < -0.4 is 10.1 Å². The molecule has 1 saturated heterocycles. The summed E-state index contributed by atoms with van der Waals surface area (Å²) in [6, 6.07) is 5.29. The van der Waals surface area contributed by atoms with Crippen LogP contribution in [0.1, 0.15) is 13.3 Å². The van der Waals surface area contributed by atoms with Crippen LogP contribution in [-0.2, 0) is 0 Å². The molecule has 2 rings (SSSR count). The number of halogens is 2. The minimum Gasteiger partial charge on any atom is -0.490 e. The van der Waals surface area contributed by atoms with E-state index < -0.39 is 0 Å². The van der Waals surface area contributed by atoms with Gasteiger partial charge in [-0.3, -0.25) is 0 Å². The second kappa shape index (κ2) is 8.46. The Kier molecular flexibility index (Phi) is 6.61. The number of aliphatic hydroxyl groups excluding tert-OH is 1. The molecule has 22 heavy (non-hydrogen) atoms. The van der Waals surface area contributed by atoms with Gasteiger partial charge >= 0.3 is 0 Å². The number of aliphatic imine (C=N–C) groups is 1. The van der Waals surface area contributed by atoms with Gasteiger partial charge in [-0.2, -0.15) is 0 Å². The molecule has 0 saturated carbocycles. The molecular weight excluding hydrogens is 325 g/mol. The van der Waals surface area contributed by atoms with Gasteiger partial charge in [-0.15, -0.1) is 0 Å². The van der Waals surface area contributed by atoms with E-state index in [1.807, 2.05) is 6.92 Å². The van der Waals surface area contributed by atoms with E-state index in [1.165, 1.54) is 0 Å². The maximum Gasteiger partial charge on any atom is 0.194 e. The summed E-state index contributed by atoms with van der Waals surface area (Å²) in [5.41, 5.74) is 0. The summed E-state index contributed by atoms with van der Waals surface area (Å²) in [5, 5.41) is 13.7. The van der Waals surface area contributed by atoms with Crippen LogP contribution in [0.5, 0.6) is 5.75 Å². The van der Waals surface area contributed by atoms with Crippen molar-refractivity contribution in [3.8, 4) is 5.75 Å². The van der Waals surface area contributed by atoms with Gasteiger partial charge in [-0.05, 0) is 25.5 Å². The molecule has 0 aromatic heterocycles. The normalized spacial score (nSPS) is 18.6. The first-order valence-corrected chi connectivity index (χ1v) is 8.15. The number of benzene rings is 1. The fourth-order valence-electron chi connectivity index (χ4n) is 2.26. The van der Waals surface area contributed by atoms with Crippen LogP contribution in [0.2, 0.25) is 10.0 Å². The fourth-order valence-corrected chi connectivity index (χ4v) is 2.61. The number of nitrogens with zero attached hydrogens (tertiary/aromatic N) is 2. The maximum atomic E-state index is 9.62. The monoisotopic (exact) mass is 345 g/mol. The Morgan fingerprint density at radius 1 is 1.50 bits per heavy atom. The number of hydrogen-bond acceptors (Lipinski definition) is 3. The highest BCUT2D eigenvalue weighted by Gasteiger charge is 2.22. The van der Waals surface area contributed by atoms with E-state index >= 15 is 0 Å². The van der Waals surface area contributed by atoms with Gasteiger partial charge in [-0.25, -0.2) is 4.99 Å². The number of β-amino-alcohol motifs (C(OH)–C–C–N with tert-alkyl or cyclic N) is 1. The SMILES string of the molecule is CCNC(=NCCOc1cccc(Cl)c1Cl)N1CC[C@@H](O)C1. The lowest BCUT2D eigenvalue weighted by atomic mass is 10.3. The number of guanidine groups is 1. The van der Waals surface area contributed by atoms with Crippen molar-refractivity contribution in [2.45, 2.75) is 19.4 Å². The molecule has 1 heterocycles. The number of likely N-dealkylation sites (tertiary alicyclic amines) is 1. The van der Waals surface area contributed by atoms with E-state index in [4.69, 9.17) is 27.9 Å². The zero-order valence-corrected chi connectivity index (χ0v) is 14.1. The Labute approximate surface area is 140 Å². The molecule has 0 spiro atoms. The Hall–Kier alpha value is -1.17. The molecule has 1 aliphatic rings. The number of nitrogens with one attached hydrogen (secondary N) is 1. The summed E-state index contributed by atoms with van der Waals surface area (Å²) in [6.45, 7) is 5.14. The third-order valence-electron chi connectivity index (χ3n) is 3.32. The second-order valence-corrected chi connectivity index (χ2v) is 5.81. The zero-order chi connectivity index (χ0) is 15.9. The quantitative estimate of drug-likeness (QED) is 0.488. The van der Waals surface area contributed by atoms with Gasteiger partial charge in [-0.1, -0.05) is 29.3 Å². The summed E-state index contributed by atoms with van der Waals surface area (Å²) in [5.74, 6) is 1.37. The van der Waals surface area contributed by atoms with Crippen LogP contribution >= 0.6 is 23.2 Å². The zero-order valence-electron chi connectivity index (χ0n) is 12.6. The summed E-state index contributed by atoms with van der Waals surface area (Å²) in [7, 11) is 0. The van der Waals surface area contributed by atoms with Crippen molar-refractivity contribution in [1.82, 2.24) is 10.2 Å². The van der Waals surface area contributed by atoms with Crippen LogP contribution in [0.3, 0.4) is 0 Å². The molecule has 7 heteroatoms. The molecule has 2 N–H and O–H groups in total. The van der Waals surface area contributed by atoms with E-state index in [2.05, 4.69) is 15.2 Å². The first-order valence-electron chi connectivity index (χ1n) is 7.40. The molecule has 1 aromatic rings. The highest BCUT2D eigenvalue weighted by Crippen LogP contribution is 2.31. The van der Waals surface area contributed by atoms with Crippen molar-refractivity contribution in [2.24, 2.45) is 4.99 Å². The van der Waals surface area contributed by atoms with Crippen molar-refractivity contribution in [3.63, 3.8) is 0 Å². The van der Waals surface area contributed by atoms with Crippen molar-refractivity contribution in [1.29, 1.82) is 0 Å². The van der Waals surface area contributed by atoms with Crippen molar-refractivity contribution in [2.75, 3.05) is 32.8 Å². The second-order valence-electron chi connectivity index (χ2n) is 5.02. The van der Waals surface area contributed by atoms with Crippen molar-refractivity contribution < 1.29 is 9.84 Å². The number of rotatable bonds is 5. The van der Waals surface area contributed by atoms with E-state index in [9.17, 15) is 5.11 Å². The molecule has 122 valence electrons. The average molecular weight is 346 g/mol. The Bertz CT molecular complexity index is 526. The summed E-state index contributed by atoms with van der Waals surface area (Å²) >= 11 is 12.0. The maximum absolute atomic E-state index is 9.62. The molecule has 1 aliphatic heterocycles. The van der Waals surface area contributed by atoms with Gasteiger partial charge in [0.05, 0.1) is 17.7 Å². The smallest absolute Gasteiger partial charge is 0.194 e. The average Bonchev–Trinajstić information content (AvgIpc) is 2.93. The molecule has 5 nitrogen and oxygen atoms in total. The molecule has 0 unspecified atom stereocenters. The molecule has 1 fully saturated rings. The summed E-state index contributed by atoms with van der Waals surface area (Å²) < 4.78 is 5.61. The molecular formula is C15H21Cl2N3O2. The van der Waals surface area contributed by atoms with Gasteiger partial charge in [0.1, 0.15) is 17.4 Å². The van der Waals surface area contributed by atoms with Gasteiger partial charge in [0.25, 0.3) is 0 Å². The van der Waals surface area contributed by atoms with Crippen molar-refractivity contribution >= 4 is 29.2 Å². The predicted molar refractivity (Wildman–Crippen MR) is 90.1 cm³/mol. The molecule has 0 aliphatic carbocycles. The third-order valence-corrected chi connectivity index (χ3v) is 4.13. The lowest BCUT2D eigenvalue weighted by Crippen LogP contribution is -2.40. The van der Waals surface area contributed by atoms with Crippen LogP contribution in [0, 0.1) is 0 Å². The molecule has 0 bridgehead atoms. The molecule has 0 radical (unpaired) electrons. The predicted octanol–water partition coefficient (Wildman–Crippen LogP) is 2.40. The molecule has 0 amide bonds. The highest BCUT2D eigenvalue weighted by atomic mass is 35.5. The van der Waals surface area contributed by atoms with Crippen LogP contribution in [0.4, 0.5) is 0 Å². The van der Waals surface area contributed by atoms with Gasteiger partial charge < -0.3 is 20.1 Å². The molecule has 1 atom stereocenters. The first kappa shape index (κ1) is 17.2. The highest BCUT2D eigenvalue weighted by molar-refractivity contribution is 6.42. The topological polar surface area (TPSA) is 57.1 Å². The standard InChI is InChI=1S/C15H21Cl2N3O2/c1-2-18-15(20-8-6-11(21)10-20)19-7-9-22-13-5-3-4-12(16)14(13)17/h3-5,11,21H,2,6-10H2,1H3,(H,18,19)/t11-/m1/s1. The fraction of sp³-hybridized carbons (Fsp3) is 0.533.